The van der Waals surface area contributed by atoms with Crippen LogP contribution >= 0.6 is 11.6 Å². The van der Waals surface area contributed by atoms with Gasteiger partial charge in [-0.25, -0.2) is 0 Å². The van der Waals surface area contributed by atoms with Gasteiger partial charge in [-0.1, -0.05) is 25.4 Å². The van der Waals surface area contributed by atoms with Crippen molar-refractivity contribution in [3.63, 3.8) is 0 Å². The van der Waals surface area contributed by atoms with E-state index in [9.17, 15) is 4.79 Å². The number of nitrogens with zero attached hydrogens (tertiary/aromatic N) is 2. The molecular weight excluding hydrogens is 250 g/mol. The molecular formula is C13H22ClN3O. The maximum absolute atomic E-state index is 12.4. The van der Waals surface area contributed by atoms with Gasteiger partial charge in [-0.3, -0.25) is 9.48 Å². The van der Waals surface area contributed by atoms with Crippen LogP contribution in [0.25, 0.3) is 0 Å². The third-order valence-electron chi connectivity index (χ3n) is 3.90. The van der Waals surface area contributed by atoms with Gasteiger partial charge in [-0.2, -0.15) is 5.10 Å². The molecule has 0 saturated heterocycles. The summed E-state index contributed by atoms with van der Waals surface area (Å²) >= 11 is 6.16. The molecule has 5 heteroatoms. The number of carbonyl (C=O) groups excluding carboxylic acids is 1. The Kier molecular flexibility index (Phi) is 3.94. The molecule has 1 aromatic heterocycles. The third kappa shape index (κ3) is 2.59. The van der Waals surface area contributed by atoms with Gasteiger partial charge in [0.1, 0.15) is 5.78 Å². The van der Waals surface area contributed by atoms with Gasteiger partial charge in [-0.15, -0.1) is 0 Å². The second-order valence-corrected chi connectivity index (χ2v) is 6.29. The third-order valence-corrected chi connectivity index (χ3v) is 4.39. The average molecular weight is 272 g/mol. The first kappa shape index (κ1) is 15.2. The van der Waals surface area contributed by atoms with Gasteiger partial charge in [0.15, 0.2) is 0 Å². The van der Waals surface area contributed by atoms with E-state index in [0.29, 0.717) is 5.02 Å². The lowest BCUT2D eigenvalue weighted by Gasteiger charge is -2.37. The molecule has 18 heavy (non-hydrogen) atoms. The molecule has 102 valence electrons. The van der Waals surface area contributed by atoms with E-state index < -0.39 is 11.0 Å². The lowest BCUT2D eigenvalue weighted by molar-refractivity contribution is -0.129. The highest BCUT2D eigenvalue weighted by Gasteiger charge is 2.40. The normalized spacial score (nSPS) is 12.9. The number of aromatic nitrogens is 2. The molecule has 0 unspecified atom stereocenters. The number of carbonyl (C=O) groups is 1. The van der Waals surface area contributed by atoms with E-state index in [4.69, 9.17) is 17.3 Å². The summed E-state index contributed by atoms with van der Waals surface area (Å²) in [5.74, 6) is 0.0694. The van der Waals surface area contributed by atoms with Gasteiger partial charge in [0.2, 0.25) is 0 Å². The fourth-order valence-corrected chi connectivity index (χ4v) is 1.83. The molecule has 1 rings (SSSR count). The molecule has 0 spiro atoms. The standard InChI is InChI=1S/C13H22ClN3O/c1-8-11(14)9(17(6)16-8)7-10(18)12(2,3)13(4,5)15/h7,15H2,1-6H3. The van der Waals surface area contributed by atoms with E-state index in [1.807, 2.05) is 34.6 Å². The minimum atomic E-state index is -0.617. The summed E-state index contributed by atoms with van der Waals surface area (Å²) < 4.78 is 1.66. The molecule has 0 atom stereocenters. The van der Waals surface area contributed by atoms with Crippen molar-refractivity contribution in [3.05, 3.63) is 16.4 Å². The second kappa shape index (κ2) is 4.67. The van der Waals surface area contributed by atoms with Crippen molar-refractivity contribution in [2.45, 2.75) is 46.6 Å². The van der Waals surface area contributed by atoms with Crippen molar-refractivity contribution in [1.82, 2.24) is 9.78 Å². The van der Waals surface area contributed by atoms with Crippen LogP contribution in [-0.2, 0) is 18.3 Å². The SMILES string of the molecule is Cc1nn(C)c(CC(=O)C(C)(C)C(C)(C)N)c1Cl. The van der Waals surface area contributed by atoms with Crippen LogP contribution in [0.1, 0.15) is 39.1 Å². The summed E-state index contributed by atoms with van der Waals surface area (Å²) in [6.45, 7) is 9.29. The fraction of sp³-hybridized carbons (Fsp3) is 0.692. The van der Waals surface area contributed by atoms with E-state index in [1.54, 1.807) is 11.7 Å². The van der Waals surface area contributed by atoms with Crippen molar-refractivity contribution in [1.29, 1.82) is 0 Å². The number of aryl methyl sites for hydroxylation is 2. The number of rotatable bonds is 4. The van der Waals surface area contributed by atoms with Crippen LogP contribution < -0.4 is 5.73 Å². The van der Waals surface area contributed by atoms with Crippen LogP contribution in [-0.4, -0.2) is 21.1 Å². The van der Waals surface area contributed by atoms with Crippen molar-refractivity contribution >= 4 is 17.4 Å². The molecule has 0 fully saturated rings. The van der Waals surface area contributed by atoms with Crippen molar-refractivity contribution in [2.75, 3.05) is 0 Å². The first-order chi connectivity index (χ1) is 7.98. The van der Waals surface area contributed by atoms with Crippen LogP contribution in [0.5, 0.6) is 0 Å². The number of Topliss-reactive ketones (excluding diaryl/α,β-unsaturated/α-hetero) is 1. The van der Waals surface area contributed by atoms with Gasteiger partial charge >= 0.3 is 0 Å². The van der Waals surface area contributed by atoms with Crippen LogP contribution in [0.2, 0.25) is 5.02 Å². The Balaban J connectivity index is 3.02. The smallest absolute Gasteiger partial charge is 0.146 e. The van der Waals surface area contributed by atoms with E-state index in [0.717, 1.165) is 11.4 Å². The van der Waals surface area contributed by atoms with E-state index >= 15 is 0 Å². The largest absolute Gasteiger partial charge is 0.325 e. The average Bonchev–Trinajstić information content (AvgIpc) is 2.43. The predicted octanol–water partition coefficient (Wildman–Crippen LogP) is 2.26. The van der Waals surface area contributed by atoms with E-state index in [-0.39, 0.29) is 12.2 Å². The van der Waals surface area contributed by atoms with Crippen molar-refractivity contribution < 1.29 is 4.79 Å². The maximum atomic E-state index is 12.4. The second-order valence-electron chi connectivity index (χ2n) is 5.92. The summed E-state index contributed by atoms with van der Waals surface area (Å²) in [5.41, 5.74) is 6.37. The minimum absolute atomic E-state index is 0.0694. The Morgan fingerprint density at radius 3 is 2.22 bits per heavy atom. The lowest BCUT2D eigenvalue weighted by Crippen LogP contribution is -2.52. The van der Waals surface area contributed by atoms with Crippen molar-refractivity contribution in [3.8, 4) is 0 Å². The number of ketones is 1. The molecule has 4 nitrogen and oxygen atoms in total. The molecule has 0 aromatic carbocycles. The Morgan fingerprint density at radius 2 is 1.89 bits per heavy atom. The predicted molar refractivity (Wildman–Crippen MR) is 73.7 cm³/mol. The van der Waals surface area contributed by atoms with Crippen molar-refractivity contribution in [2.24, 2.45) is 18.2 Å². The monoisotopic (exact) mass is 271 g/mol. The van der Waals surface area contributed by atoms with E-state index in [1.165, 1.54) is 0 Å². The molecule has 0 radical (unpaired) electrons. The first-order valence-electron chi connectivity index (χ1n) is 5.98. The first-order valence-corrected chi connectivity index (χ1v) is 6.36. The zero-order valence-electron chi connectivity index (χ0n) is 12.0. The molecule has 0 saturated carbocycles. The minimum Gasteiger partial charge on any atom is -0.325 e. The molecule has 0 aliphatic carbocycles. The zero-order chi connectivity index (χ0) is 14.3. The van der Waals surface area contributed by atoms with Gasteiger partial charge in [0, 0.05) is 18.0 Å². The molecule has 2 N–H and O–H groups in total. The lowest BCUT2D eigenvalue weighted by atomic mass is 9.71. The summed E-state index contributed by atoms with van der Waals surface area (Å²) in [5, 5.41) is 4.78. The quantitative estimate of drug-likeness (QED) is 0.914. The Hall–Kier alpha value is -0.870. The fourth-order valence-electron chi connectivity index (χ4n) is 1.60. The zero-order valence-corrected chi connectivity index (χ0v) is 12.7. The summed E-state index contributed by atoms with van der Waals surface area (Å²) in [4.78, 5) is 12.4. The highest BCUT2D eigenvalue weighted by molar-refractivity contribution is 6.32. The number of hydrogen-bond donors (Lipinski definition) is 1. The van der Waals surface area contributed by atoms with Gasteiger partial charge in [0.05, 0.1) is 22.8 Å². The van der Waals surface area contributed by atoms with Crippen LogP contribution in [0, 0.1) is 12.3 Å². The molecule has 0 amide bonds. The maximum Gasteiger partial charge on any atom is 0.146 e. The molecule has 0 aliphatic rings. The summed E-state index contributed by atoms with van der Waals surface area (Å²) in [7, 11) is 1.79. The molecule has 1 aromatic rings. The van der Waals surface area contributed by atoms with Gasteiger partial charge in [-0.05, 0) is 20.8 Å². The summed E-state index contributed by atoms with van der Waals surface area (Å²) in [6, 6.07) is 0. The van der Waals surface area contributed by atoms with E-state index in [2.05, 4.69) is 5.10 Å². The summed E-state index contributed by atoms with van der Waals surface area (Å²) in [6.07, 6.45) is 0.254. The number of halogens is 1. The topological polar surface area (TPSA) is 60.9 Å². The molecule has 0 aliphatic heterocycles. The molecule has 0 bridgehead atoms. The number of hydrogen-bond acceptors (Lipinski definition) is 3. The Bertz CT molecular complexity index is 469. The van der Waals surface area contributed by atoms with Crippen LogP contribution in [0.4, 0.5) is 0 Å². The Labute approximate surface area is 113 Å². The van der Waals surface area contributed by atoms with Gasteiger partial charge < -0.3 is 5.73 Å². The number of nitrogens with two attached hydrogens (primary N) is 1. The van der Waals surface area contributed by atoms with Crippen LogP contribution in [0.3, 0.4) is 0 Å². The molecule has 1 heterocycles. The van der Waals surface area contributed by atoms with Gasteiger partial charge in [0.25, 0.3) is 0 Å². The highest BCUT2D eigenvalue weighted by atomic mass is 35.5. The highest BCUT2D eigenvalue weighted by Crippen LogP contribution is 2.32. The van der Waals surface area contributed by atoms with Crippen LogP contribution in [0.15, 0.2) is 0 Å². The Morgan fingerprint density at radius 1 is 1.39 bits per heavy atom.